The number of hydrogen-bond acceptors (Lipinski definition) is 4. The molecule has 0 heterocycles. The molecular weight excluding hydrogens is 372 g/mol. The fraction of sp³-hybridized carbons (Fsp3) is 0.333. The molecule has 2 N–H and O–H groups in total. The van der Waals surface area contributed by atoms with Crippen molar-refractivity contribution in [3.05, 3.63) is 53.6 Å². The van der Waals surface area contributed by atoms with Crippen molar-refractivity contribution in [1.82, 2.24) is 4.72 Å². The van der Waals surface area contributed by atoms with Crippen molar-refractivity contribution < 1.29 is 16.8 Å². The van der Waals surface area contributed by atoms with Crippen LogP contribution in [-0.2, 0) is 20.0 Å². The van der Waals surface area contributed by atoms with E-state index in [9.17, 15) is 16.8 Å². The summed E-state index contributed by atoms with van der Waals surface area (Å²) in [4.78, 5) is 0.174. The molecule has 142 valence electrons. The van der Waals surface area contributed by atoms with Gasteiger partial charge in [0.15, 0.2) is 0 Å². The van der Waals surface area contributed by atoms with Gasteiger partial charge in [0, 0.05) is 6.04 Å². The molecule has 0 aliphatic rings. The molecule has 2 rings (SSSR count). The zero-order chi connectivity index (χ0) is 19.5. The molecular formula is C18H24N2O4S2. The molecule has 0 radical (unpaired) electrons. The summed E-state index contributed by atoms with van der Waals surface area (Å²) in [5.74, 6) is 0. The Labute approximate surface area is 155 Å². The first-order valence-electron chi connectivity index (χ1n) is 8.27. The number of rotatable bonds is 7. The van der Waals surface area contributed by atoms with E-state index in [4.69, 9.17) is 0 Å². The van der Waals surface area contributed by atoms with E-state index in [1.807, 2.05) is 13.8 Å². The van der Waals surface area contributed by atoms with Crippen molar-refractivity contribution >= 4 is 25.7 Å². The lowest BCUT2D eigenvalue weighted by Gasteiger charge is -2.14. The van der Waals surface area contributed by atoms with Gasteiger partial charge >= 0.3 is 0 Å². The largest absolute Gasteiger partial charge is 0.280 e. The summed E-state index contributed by atoms with van der Waals surface area (Å²) in [6, 6.07) is 10.6. The Morgan fingerprint density at radius 3 is 2.27 bits per heavy atom. The summed E-state index contributed by atoms with van der Waals surface area (Å²) in [5, 5.41) is 0. The molecule has 1 atom stereocenters. The number of aryl methyl sites for hydroxylation is 2. The zero-order valence-electron chi connectivity index (χ0n) is 15.3. The number of hydrogen-bond donors (Lipinski definition) is 2. The maximum Gasteiger partial charge on any atom is 0.262 e. The van der Waals surface area contributed by atoms with Crippen LogP contribution >= 0.6 is 0 Å². The van der Waals surface area contributed by atoms with E-state index in [0.717, 1.165) is 5.56 Å². The fourth-order valence-corrected chi connectivity index (χ4v) is 5.10. The van der Waals surface area contributed by atoms with Crippen LogP contribution in [0.15, 0.2) is 52.3 Å². The zero-order valence-corrected chi connectivity index (χ0v) is 16.9. The summed E-state index contributed by atoms with van der Waals surface area (Å²) in [7, 11) is -7.53. The number of sulfonamides is 2. The molecule has 6 nitrogen and oxygen atoms in total. The van der Waals surface area contributed by atoms with Gasteiger partial charge in [-0.2, -0.15) is 0 Å². The van der Waals surface area contributed by atoms with Gasteiger partial charge in [-0.1, -0.05) is 30.7 Å². The van der Waals surface area contributed by atoms with Crippen molar-refractivity contribution in [1.29, 1.82) is 0 Å². The van der Waals surface area contributed by atoms with E-state index in [2.05, 4.69) is 9.44 Å². The van der Waals surface area contributed by atoms with Gasteiger partial charge < -0.3 is 0 Å². The van der Waals surface area contributed by atoms with Crippen molar-refractivity contribution in [2.75, 3.05) is 4.72 Å². The van der Waals surface area contributed by atoms with Crippen LogP contribution in [0.2, 0.25) is 0 Å². The quantitative estimate of drug-likeness (QED) is 0.752. The van der Waals surface area contributed by atoms with Crippen molar-refractivity contribution in [3.8, 4) is 0 Å². The standard InChI is InChI=1S/C18H24N2O4S2/c1-5-15(4)19-25(21,22)17-8-6-7-16(12-17)20-26(23,24)18-10-9-13(2)11-14(18)3/h6-12,15,19-20H,5H2,1-4H3/t15-/m1/s1. The normalized spacial score (nSPS) is 13.4. The van der Waals surface area contributed by atoms with E-state index >= 15 is 0 Å². The molecule has 26 heavy (non-hydrogen) atoms. The highest BCUT2D eigenvalue weighted by Gasteiger charge is 2.20. The van der Waals surface area contributed by atoms with Crippen LogP contribution in [0.1, 0.15) is 31.4 Å². The first-order valence-corrected chi connectivity index (χ1v) is 11.2. The Morgan fingerprint density at radius 1 is 0.962 bits per heavy atom. The molecule has 0 aliphatic carbocycles. The molecule has 0 bridgehead atoms. The molecule has 0 unspecified atom stereocenters. The monoisotopic (exact) mass is 396 g/mol. The third kappa shape index (κ3) is 4.84. The molecule has 0 aliphatic heterocycles. The van der Waals surface area contributed by atoms with E-state index in [-0.39, 0.29) is 21.5 Å². The second-order valence-corrected chi connectivity index (χ2v) is 9.70. The van der Waals surface area contributed by atoms with E-state index in [0.29, 0.717) is 12.0 Å². The first kappa shape index (κ1) is 20.4. The average Bonchev–Trinajstić information content (AvgIpc) is 2.53. The lowest BCUT2D eigenvalue weighted by molar-refractivity contribution is 0.556. The van der Waals surface area contributed by atoms with E-state index in [1.54, 1.807) is 26.0 Å². The van der Waals surface area contributed by atoms with Crippen LogP contribution in [0.3, 0.4) is 0 Å². The second-order valence-electron chi connectivity index (χ2n) is 6.33. The van der Waals surface area contributed by atoms with Gasteiger partial charge in [0.25, 0.3) is 10.0 Å². The Morgan fingerprint density at radius 2 is 1.65 bits per heavy atom. The second kappa shape index (κ2) is 7.77. The maximum absolute atomic E-state index is 12.6. The third-order valence-corrected chi connectivity index (χ3v) is 7.11. The summed E-state index contributed by atoms with van der Waals surface area (Å²) in [6.45, 7) is 7.25. The van der Waals surface area contributed by atoms with Gasteiger partial charge in [-0.25, -0.2) is 21.6 Å². The molecule has 0 fully saturated rings. The molecule has 0 amide bonds. The van der Waals surface area contributed by atoms with E-state index < -0.39 is 20.0 Å². The number of nitrogens with one attached hydrogen (secondary N) is 2. The maximum atomic E-state index is 12.6. The van der Waals surface area contributed by atoms with Gasteiger partial charge in [0.2, 0.25) is 10.0 Å². The molecule has 2 aromatic carbocycles. The highest BCUT2D eigenvalue weighted by molar-refractivity contribution is 7.92. The molecule has 0 saturated carbocycles. The van der Waals surface area contributed by atoms with Crippen molar-refractivity contribution in [3.63, 3.8) is 0 Å². The van der Waals surface area contributed by atoms with Gasteiger partial charge in [-0.3, -0.25) is 4.72 Å². The van der Waals surface area contributed by atoms with Crippen LogP contribution in [0.4, 0.5) is 5.69 Å². The van der Waals surface area contributed by atoms with Crippen LogP contribution in [0, 0.1) is 13.8 Å². The third-order valence-electron chi connectivity index (χ3n) is 3.99. The summed E-state index contributed by atoms with van der Waals surface area (Å²) in [5.41, 5.74) is 1.78. The minimum Gasteiger partial charge on any atom is -0.280 e. The van der Waals surface area contributed by atoms with E-state index in [1.165, 1.54) is 30.3 Å². The smallest absolute Gasteiger partial charge is 0.262 e. The Balaban J connectivity index is 2.33. The number of anilines is 1. The van der Waals surface area contributed by atoms with Crippen LogP contribution in [-0.4, -0.2) is 22.9 Å². The highest BCUT2D eigenvalue weighted by atomic mass is 32.2. The average molecular weight is 397 g/mol. The number of benzene rings is 2. The first-order chi connectivity index (χ1) is 12.0. The topological polar surface area (TPSA) is 92.3 Å². The molecule has 2 aromatic rings. The Bertz CT molecular complexity index is 1000. The Hall–Kier alpha value is -1.90. The molecule has 0 spiro atoms. The van der Waals surface area contributed by atoms with Gasteiger partial charge in [-0.05, 0) is 57.0 Å². The van der Waals surface area contributed by atoms with Gasteiger partial charge in [0.05, 0.1) is 15.5 Å². The van der Waals surface area contributed by atoms with Crippen LogP contribution in [0.5, 0.6) is 0 Å². The van der Waals surface area contributed by atoms with Crippen molar-refractivity contribution in [2.24, 2.45) is 0 Å². The van der Waals surface area contributed by atoms with Gasteiger partial charge in [-0.15, -0.1) is 0 Å². The molecule has 8 heteroatoms. The van der Waals surface area contributed by atoms with Crippen molar-refractivity contribution in [2.45, 2.75) is 49.9 Å². The lowest BCUT2D eigenvalue weighted by Crippen LogP contribution is -2.32. The van der Waals surface area contributed by atoms with Crippen LogP contribution < -0.4 is 9.44 Å². The summed E-state index contributed by atoms with van der Waals surface area (Å²) in [6.07, 6.45) is 0.651. The predicted molar refractivity (Wildman–Crippen MR) is 103 cm³/mol. The molecule has 0 aromatic heterocycles. The lowest BCUT2D eigenvalue weighted by atomic mass is 10.2. The fourth-order valence-electron chi connectivity index (χ4n) is 2.45. The minimum absolute atomic E-state index is 0.0126. The van der Waals surface area contributed by atoms with Crippen LogP contribution in [0.25, 0.3) is 0 Å². The SMILES string of the molecule is CC[C@@H](C)NS(=O)(=O)c1cccc(NS(=O)(=O)c2ccc(C)cc2C)c1. The summed E-state index contributed by atoms with van der Waals surface area (Å²) < 4.78 is 55.1. The van der Waals surface area contributed by atoms with Gasteiger partial charge in [0.1, 0.15) is 0 Å². The highest BCUT2D eigenvalue weighted by Crippen LogP contribution is 2.22. The summed E-state index contributed by atoms with van der Waals surface area (Å²) >= 11 is 0. The Kier molecular flexibility index (Phi) is 6.10. The predicted octanol–water partition coefficient (Wildman–Crippen LogP) is 3.18. The molecule has 0 saturated heterocycles. The minimum atomic E-state index is -3.82.